The molecule has 2 rings (SSSR count). The Hall–Kier alpha value is -2.05. The third-order valence-corrected chi connectivity index (χ3v) is 2.86. The van der Waals surface area contributed by atoms with Gasteiger partial charge in [-0.3, -0.25) is 9.78 Å². The Morgan fingerprint density at radius 1 is 1.40 bits per heavy atom. The van der Waals surface area contributed by atoms with Crippen LogP contribution in [-0.2, 0) is 4.74 Å². The zero-order chi connectivity index (χ0) is 14.5. The lowest BCUT2D eigenvalue weighted by Gasteiger charge is -2.20. The number of aliphatic hydroxyl groups is 1. The van der Waals surface area contributed by atoms with Crippen molar-refractivity contribution in [1.29, 1.82) is 0 Å². The molecule has 0 spiro atoms. The van der Waals surface area contributed by atoms with Crippen molar-refractivity contribution in [3.8, 4) is 0 Å². The van der Waals surface area contributed by atoms with Gasteiger partial charge < -0.3 is 14.7 Å². The average Bonchev–Trinajstić information content (AvgIpc) is 2.46. The number of hydrogen-bond donors (Lipinski definition) is 1. The number of aromatic nitrogens is 2. The van der Waals surface area contributed by atoms with E-state index in [0.29, 0.717) is 5.52 Å². The van der Waals surface area contributed by atoms with E-state index in [2.05, 4.69) is 9.97 Å². The van der Waals surface area contributed by atoms with E-state index in [1.807, 2.05) is 18.2 Å². The van der Waals surface area contributed by atoms with Gasteiger partial charge in [0.05, 0.1) is 29.9 Å². The van der Waals surface area contributed by atoms with E-state index in [4.69, 9.17) is 4.74 Å². The second-order valence-electron chi connectivity index (χ2n) is 4.54. The largest absolute Gasteiger partial charge is 0.389 e. The van der Waals surface area contributed by atoms with Crippen molar-refractivity contribution < 1.29 is 14.6 Å². The summed E-state index contributed by atoms with van der Waals surface area (Å²) >= 11 is 0. The Bertz CT molecular complexity index is 603. The van der Waals surface area contributed by atoms with Gasteiger partial charge in [0, 0.05) is 20.7 Å². The molecule has 0 saturated heterocycles. The van der Waals surface area contributed by atoms with E-state index < -0.39 is 6.10 Å². The SMILES string of the molecule is COCC(O)CN(C)C(=O)c1cnc2ccccc2n1. The van der Waals surface area contributed by atoms with Crippen molar-refractivity contribution in [2.45, 2.75) is 6.10 Å². The van der Waals surface area contributed by atoms with E-state index in [-0.39, 0.29) is 24.8 Å². The van der Waals surface area contributed by atoms with Crippen LogP contribution in [-0.4, -0.2) is 59.3 Å². The quantitative estimate of drug-likeness (QED) is 0.869. The van der Waals surface area contributed by atoms with Gasteiger partial charge in [-0.1, -0.05) is 12.1 Å². The number of benzene rings is 1. The summed E-state index contributed by atoms with van der Waals surface area (Å²) in [5, 5.41) is 9.63. The van der Waals surface area contributed by atoms with Gasteiger partial charge in [-0.15, -0.1) is 0 Å². The summed E-state index contributed by atoms with van der Waals surface area (Å²) < 4.78 is 4.83. The number of amides is 1. The first-order valence-electron chi connectivity index (χ1n) is 6.26. The van der Waals surface area contributed by atoms with Gasteiger partial charge in [0.15, 0.2) is 0 Å². The highest BCUT2D eigenvalue weighted by Crippen LogP contribution is 2.09. The number of aliphatic hydroxyl groups excluding tert-OH is 1. The van der Waals surface area contributed by atoms with Gasteiger partial charge >= 0.3 is 0 Å². The Kier molecular flexibility index (Phi) is 4.60. The van der Waals surface area contributed by atoms with Gasteiger partial charge in [-0.2, -0.15) is 0 Å². The highest BCUT2D eigenvalue weighted by molar-refractivity contribution is 5.93. The lowest BCUT2D eigenvalue weighted by Crippen LogP contribution is -2.36. The van der Waals surface area contributed by atoms with Gasteiger partial charge in [-0.25, -0.2) is 4.98 Å². The minimum atomic E-state index is -0.720. The van der Waals surface area contributed by atoms with Crippen LogP contribution in [0.2, 0.25) is 0 Å². The first-order chi connectivity index (χ1) is 9.61. The first kappa shape index (κ1) is 14.4. The van der Waals surface area contributed by atoms with Gasteiger partial charge in [0.1, 0.15) is 5.69 Å². The number of carbonyl (C=O) groups excluding carboxylic acids is 1. The molecular formula is C14H17N3O3. The van der Waals surface area contributed by atoms with Crippen LogP contribution in [0.4, 0.5) is 0 Å². The van der Waals surface area contributed by atoms with E-state index in [9.17, 15) is 9.90 Å². The Labute approximate surface area is 117 Å². The number of fused-ring (bicyclic) bond motifs is 1. The minimum Gasteiger partial charge on any atom is -0.389 e. The summed E-state index contributed by atoms with van der Waals surface area (Å²) in [6.45, 7) is 0.363. The lowest BCUT2D eigenvalue weighted by molar-refractivity contribution is 0.0378. The zero-order valence-electron chi connectivity index (χ0n) is 11.5. The van der Waals surface area contributed by atoms with E-state index in [0.717, 1.165) is 5.52 Å². The molecule has 0 radical (unpaired) electrons. The summed E-state index contributed by atoms with van der Waals surface area (Å²) in [5.74, 6) is -0.279. The molecular weight excluding hydrogens is 258 g/mol. The molecule has 0 aliphatic heterocycles. The maximum Gasteiger partial charge on any atom is 0.273 e. The number of ether oxygens (including phenoxy) is 1. The number of para-hydroxylation sites is 2. The fourth-order valence-corrected chi connectivity index (χ4v) is 1.90. The number of carbonyl (C=O) groups is 1. The highest BCUT2D eigenvalue weighted by atomic mass is 16.5. The van der Waals surface area contributed by atoms with Crippen LogP contribution in [0.3, 0.4) is 0 Å². The molecule has 0 fully saturated rings. The van der Waals surface area contributed by atoms with E-state index in [1.54, 1.807) is 13.1 Å². The van der Waals surface area contributed by atoms with Gasteiger partial charge in [-0.05, 0) is 12.1 Å². The molecule has 20 heavy (non-hydrogen) atoms. The van der Waals surface area contributed by atoms with E-state index >= 15 is 0 Å². The van der Waals surface area contributed by atoms with Crippen LogP contribution in [0.15, 0.2) is 30.5 Å². The van der Waals surface area contributed by atoms with Crippen LogP contribution in [0, 0.1) is 0 Å². The number of rotatable bonds is 5. The predicted octanol–water partition coefficient (Wildman–Crippen LogP) is 0.709. The minimum absolute atomic E-state index is 0.182. The van der Waals surface area contributed by atoms with Gasteiger partial charge in [0.2, 0.25) is 0 Å². The molecule has 1 amide bonds. The lowest BCUT2D eigenvalue weighted by atomic mass is 10.2. The summed E-state index contributed by atoms with van der Waals surface area (Å²) in [7, 11) is 3.11. The smallest absolute Gasteiger partial charge is 0.273 e. The van der Waals surface area contributed by atoms with Crippen molar-refractivity contribution >= 4 is 16.9 Å². The van der Waals surface area contributed by atoms with Crippen LogP contribution < -0.4 is 0 Å². The van der Waals surface area contributed by atoms with E-state index in [1.165, 1.54) is 18.2 Å². The molecule has 6 heteroatoms. The maximum atomic E-state index is 12.2. The molecule has 1 aromatic heterocycles. The fourth-order valence-electron chi connectivity index (χ4n) is 1.90. The summed E-state index contributed by atoms with van der Waals surface area (Å²) in [6.07, 6.45) is 0.728. The van der Waals surface area contributed by atoms with Crippen molar-refractivity contribution in [2.75, 3.05) is 27.3 Å². The normalized spacial score (nSPS) is 12.3. The van der Waals surface area contributed by atoms with Gasteiger partial charge in [0.25, 0.3) is 5.91 Å². The third-order valence-electron chi connectivity index (χ3n) is 2.86. The molecule has 1 unspecified atom stereocenters. The first-order valence-corrected chi connectivity index (χ1v) is 6.26. The van der Waals surface area contributed by atoms with Crippen molar-refractivity contribution in [3.05, 3.63) is 36.2 Å². The molecule has 0 aliphatic rings. The molecule has 1 heterocycles. The second kappa shape index (κ2) is 6.40. The fraction of sp³-hybridized carbons (Fsp3) is 0.357. The number of methoxy groups -OCH3 is 1. The molecule has 2 aromatic rings. The summed E-state index contributed by atoms with van der Waals surface area (Å²) in [5.41, 5.74) is 1.67. The molecule has 0 aliphatic carbocycles. The maximum absolute atomic E-state index is 12.2. The van der Waals surface area contributed by atoms with Crippen molar-refractivity contribution in [3.63, 3.8) is 0 Å². The zero-order valence-corrected chi connectivity index (χ0v) is 11.5. The molecule has 1 aromatic carbocycles. The van der Waals surface area contributed by atoms with Crippen molar-refractivity contribution in [2.24, 2.45) is 0 Å². The third kappa shape index (κ3) is 3.28. The van der Waals surface area contributed by atoms with Crippen molar-refractivity contribution in [1.82, 2.24) is 14.9 Å². The summed E-state index contributed by atoms with van der Waals surface area (Å²) in [6, 6.07) is 7.35. The Morgan fingerprint density at radius 3 is 2.80 bits per heavy atom. The number of nitrogens with zero attached hydrogens (tertiary/aromatic N) is 3. The molecule has 106 valence electrons. The Morgan fingerprint density at radius 2 is 2.10 bits per heavy atom. The predicted molar refractivity (Wildman–Crippen MR) is 74.4 cm³/mol. The topological polar surface area (TPSA) is 75.6 Å². The standard InChI is InChI=1S/C14H17N3O3/c1-17(8-10(18)9-20-2)14(19)13-7-15-11-5-3-4-6-12(11)16-13/h3-7,10,18H,8-9H2,1-2H3. The number of likely N-dealkylation sites (N-methyl/N-ethyl adjacent to an activating group) is 1. The molecule has 1 N–H and O–H groups in total. The molecule has 0 bridgehead atoms. The highest BCUT2D eigenvalue weighted by Gasteiger charge is 2.17. The Balaban J connectivity index is 2.14. The number of hydrogen-bond acceptors (Lipinski definition) is 5. The molecule has 1 atom stereocenters. The second-order valence-corrected chi connectivity index (χ2v) is 4.54. The average molecular weight is 275 g/mol. The molecule has 6 nitrogen and oxygen atoms in total. The van der Waals surface area contributed by atoms with Crippen LogP contribution in [0.1, 0.15) is 10.5 Å². The molecule has 0 saturated carbocycles. The van der Waals surface area contributed by atoms with Crippen LogP contribution in [0.5, 0.6) is 0 Å². The van der Waals surface area contributed by atoms with Crippen LogP contribution in [0.25, 0.3) is 11.0 Å². The summed E-state index contributed by atoms with van der Waals surface area (Å²) in [4.78, 5) is 22.1. The monoisotopic (exact) mass is 275 g/mol. The van der Waals surface area contributed by atoms with Crippen LogP contribution >= 0.6 is 0 Å².